The number of carbonyl (C=O) groups excluding carboxylic acids is 2. The summed E-state index contributed by atoms with van der Waals surface area (Å²) in [6.45, 7) is 5.19. The highest BCUT2D eigenvalue weighted by atomic mass is 79.9. The molecule has 1 saturated heterocycles. The topological polar surface area (TPSA) is 90.5 Å². The van der Waals surface area contributed by atoms with Gasteiger partial charge in [0, 0.05) is 16.7 Å². The summed E-state index contributed by atoms with van der Waals surface area (Å²) >= 11 is 4.78. The lowest BCUT2D eigenvalue weighted by Crippen LogP contribution is -2.35. The number of aromatic nitrogens is 2. The molecule has 1 fully saturated rings. The number of likely N-dealkylation sites (tertiary alicyclic amines) is 1. The van der Waals surface area contributed by atoms with Gasteiger partial charge in [-0.2, -0.15) is 0 Å². The minimum absolute atomic E-state index is 0.292. The molecule has 188 valence electrons. The fraction of sp³-hybridized carbons (Fsp3) is 0.259. The number of thiophene rings is 1. The number of nitrogens with one attached hydrogen (secondary N) is 2. The molecule has 6 rings (SSSR count). The van der Waals surface area contributed by atoms with Crippen molar-refractivity contribution in [2.45, 2.75) is 32.7 Å². The third kappa shape index (κ3) is 4.60. The molecule has 8 nitrogen and oxygen atoms in total. The van der Waals surface area contributed by atoms with Crippen LogP contribution in [0.5, 0.6) is 0 Å². The number of halogens is 1. The van der Waals surface area contributed by atoms with E-state index in [9.17, 15) is 9.59 Å². The van der Waals surface area contributed by atoms with E-state index in [1.807, 2.05) is 37.3 Å². The van der Waals surface area contributed by atoms with Gasteiger partial charge in [0.25, 0.3) is 5.91 Å². The number of aryl methyl sites for hydroxylation is 1. The van der Waals surface area contributed by atoms with Crippen LogP contribution >= 0.6 is 27.3 Å². The second kappa shape index (κ2) is 9.85. The van der Waals surface area contributed by atoms with Gasteiger partial charge in [-0.3, -0.25) is 9.69 Å². The van der Waals surface area contributed by atoms with Gasteiger partial charge in [0.05, 0.1) is 16.8 Å². The first-order valence-corrected chi connectivity index (χ1v) is 13.9. The number of hydrogen-bond donors (Lipinski definition) is 2. The molecular formula is C27H25BrN6O2S. The van der Waals surface area contributed by atoms with E-state index in [0.717, 1.165) is 29.7 Å². The number of urea groups is 1. The van der Waals surface area contributed by atoms with Gasteiger partial charge in [0.2, 0.25) is 0 Å². The van der Waals surface area contributed by atoms with E-state index in [2.05, 4.69) is 53.6 Å². The van der Waals surface area contributed by atoms with Crippen LogP contribution in [0.25, 0.3) is 10.2 Å². The van der Waals surface area contributed by atoms with Crippen molar-refractivity contribution in [2.75, 3.05) is 28.6 Å². The third-order valence-corrected chi connectivity index (χ3v) is 8.75. The number of nitrogens with zero attached hydrogens (tertiary/aromatic N) is 4. The Morgan fingerprint density at radius 3 is 2.65 bits per heavy atom. The Balaban J connectivity index is 1.27. The summed E-state index contributed by atoms with van der Waals surface area (Å²) in [6, 6.07) is 13.3. The molecule has 10 heteroatoms. The summed E-state index contributed by atoms with van der Waals surface area (Å²) in [4.78, 5) is 40.4. The maximum absolute atomic E-state index is 13.3. The molecule has 4 heterocycles. The molecule has 0 atom stereocenters. The standard InChI is InChI=1S/C27H25BrN6O2S/c1-16-5-10-19(13-20(16)28)34-24-21-22(32-27(34)36)23(37-26(21)30-15-29-24)25(35)31-18-8-6-17(7-9-18)14-33-11-3-2-4-12-33/h5-10,13,15H,2-4,11-12,14H2,1H3,(H,31,35)(H,32,36). The molecule has 4 aromatic rings. The second-order valence-electron chi connectivity index (χ2n) is 9.37. The van der Waals surface area contributed by atoms with Gasteiger partial charge < -0.3 is 10.6 Å². The van der Waals surface area contributed by atoms with E-state index in [-0.39, 0.29) is 11.9 Å². The number of amides is 3. The van der Waals surface area contributed by atoms with Crippen LogP contribution in [0, 0.1) is 6.92 Å². The van der Waals surface area contributed by atoms with Crippen molar-refractivity contribution in [3.63, 3.8) is 0 Å². The zero-order chi connectivity index (χ0) is 25.5. The number of hydrogen-bond acceptors (Lipinski definition) is 6. The average Bonchev–Trinajstić information content (AvgIpc) is 3.27. The largest absolute Gasteiger partial charge is 0.332 e. The molecule has 0 spiro atoms. The van der Waals surface area contributed by atoms with Crippen molar-refractivity contribution in [1.82, 2.24) is 14.9 Å². The molecular weight excluding hydrogens is 552 g/mol. The first-order chi connectivity index (χ1) is 18.0. The number of anilines is 4. The zero-order valence-corrected chi connectivity index (χ0v) is 22.7. The monoisotopic (exact) mass is 576 g/mol. The zero-order valence-electron chi connectivity index (χ0n) is 20.3. The van der Waals surface area contributed by atoms with Gasteiger partial charge in [-0.05, 0) is 68.2 Å². The quantitative estimate of drug-likeness (QED) is 0.276. The van der Waals surface area contributed by atoms with Crippen molar-refractivity contribution in [3.05, 3.63) is 69.3 Å². The summed E-state index contributed by atoms with van der Waals surface area (Å²) in [5.41, 5.74) is 4.11. The predicted molar refractivity (Wildman–Crippen MR) is 151 cm³/mol. The smallest absolute Gasteiger partial charge is 0.321 e. The fourth-order valence-corrected chi connectivity index (χ4v) is 6.20. The summed E-state index contributed by atoms with van der Waals surface area (Å²) in [5.74, 6) is 0.163. The number of benzene rings is 2. The Morgan fingerprint density at radius 1 is 1.11 bits per heavy atom. The van der Waals surface area contributed by atoms with E-state index in [1.54, 1.807) is 0 Å². The average molecular weight is 578 g/mol. The Morgan fingerprint density at radius 2 is 1.89 bits per heavy atom. The summed E-state index contributed by atoms with van der Waals surface area (Å²) < 4.78 is 0.890. The minimum atomic E-state index is -0.377. The van der Waals surface area contributed by atoms with Crippen molar-refractivity contribution in [2.24, 2.45) is 0 Å². The van der Waals surface area contributed by atoms with Gasteiger partial charge in [-0.15, -0.1) is 11.3 Å². The van der Waals surface area contributed by atoms with E-state index >= 15 is 0 Å². The highest BCUT2D eigenvalue weighted by molar-refractivity contribution is 9.10. The van der Waals surface area contributed by atoms with Gasteiger partial charge >= 0.3 is 6.03 Å². The van der Waals surface area contributed by atoms with Crippen molar-refractivity contribution >= 4 is 72.3 Å². The van der Waals surface area contributed by atoms with Crippen molar-refractivity contribution in [1.29, 1.82) is 0 Å². The first-order valence-electron chi connectivity index (χ1n) is 12.3. The normalized spacial score (nSPS) is 15.6. The van der Waals surface area contributed by atoms with Crippen LogP contribution in [-0.4, -0.2) is 39.9 Å². The molecule has 0 saturated carbocycles. The molecule has 0 unspecified atom stereocenters. The van der Waals surface area contributed by atoms with E-state index in [4.69, 9.17) is 0 Å². The van der Waals surface area contributed by atoms with Gasteiger partial charge in [0.1, 0.15) is 16.0 Å². The summed E-state index contributed by atoms with van der Waals surface area (Å²) in [7, 11) is 0. The third-order valence-electron chi connectivity index (χ3n) is 6.80. The van der Waals surface area contributed by atoms with Crippen LogP contribution in [0.4, 0.5) is 27.7 Å². The molecule has 0 radical (unpaired) electrons. The maximum Gasteiger partial charge on any atom is 0.332 e. The van der Waals surface area contributed by atoms with E-state index < -0.39 is 0 Å². The van der Waals surface area contributed by atoms with Gasteiger partial charge in [-0.25, -0.2) is 19.7 Å². The lowest BCUT2D eigenvalue weighted by molar-refractivity contribution is 0.103. The van der Waals surface area contributed by atoms with E-state index in [1.165, 1.54) is 47.4 Å². The van der Waals surface area contributed by atoms with E-state index in [0.29, 0.717) is 38.0 Å². The Bertz CT molecular complexity index is 1510. The van der Waals surface area contributed by atoms with Crippen LogP contribution in [-0.2, 0) is 6.54 Å². The van der Waals surface area contributed by atoms with Crippen molar-refractivity contribution < 1.29 is 9.59 Å². The Kier molecular flexibility index (Phi) is 6.39. The van der Waals surface area contributed by atoms with Gasteiger partial charge in [-0.1, -0.05) is 40.5 Å². The fourth-order valence-electron chi connectivity index (χ4n) is 4.84. The van der Waals surface area contributed by atoms with Gasteiger partial charge in [0.15, 0.2) is 5.82 Å². The highest BCUT2D eigenvalue weighted by Crippen LogP contribution is 2.45. The van der Waals surface area contributed by atoms with Crippen LogP contribution in [0.1, 0.15) is 40.1 Å². The maximum atomic E-state index is 13.3. The summed E-state index contributed by atoms with van der Waals surface area (Å²) in [6.07, 6.45) is 5.26. The minimum Gasteiger partial charge on any atom is -0.321 e. The molecule has 2 aromatic carbocycles. The van der Waals surface area contributed by atoms with Crippen LogP contribution in [0.15, 0.2) is 53.3 Å². The van der Waals surface area contributed by atoms with Crippen LogP contribution < -0.4 is 15.5 Å². The van der Waals surface area contributed by atoms with Crippen LogP contribution in [0.2, 0.25) is 0 Å². The molecule has 2 aliphatic heterocycles. The number of carbonyl (C=O) groups is 2. The molecule has 0 bridgehead atoms. The van der Waals surface area contributed by atoms with Crippen LogP contribution in [0.3, 0.4) is 0 Å². The molecule has 2 N–H and O–H groups in total. The Labute approximate surface area is 226 Å². The molecule has 37 heavy (non-hydrogen) atoms. The molecule has 2 aromatic heterocycles. The second-order valence-corrected chi connectivity index (χ2v) is 11.2. The first kappa shape index (κ1) is 24.0. The highest BCUT2D eigenvalue weighted by Gasteiger charge is 2.34. The molecule has 3 amide bonds. The predicted octanol–water partition coefficient (Wildman–Crippen LogP) is 6.68. The number of piperidine rings is 1. The molecule has 0 aliphatic carbocycles. The summed E-state index contributed by atoms with van der Waals surface area (Å²) in [5, 5.41) is 6.55. The lowest BCUT2D eigenvalue weighted by atomic mass is 10.1. The SMILES string of the molecule is Cc1ccc(N2C(=O)Nc3c(C(=O)Nc4ccc(CN5CCCCC5)cc4)sc4ncnc2c34)cc1Br. The molecule has 2 aliphatic rings. The Hall–Kier alpha value is -3.34. The number of rotatable bonds is 5. The lowest BCUT2D eigenvalue weighted by Gasteiger charge is -2.27. The van der Waals surface area contributed by atoms with Crippen molar-refractivity contribution in [3.8, 4) is 0 Å².